The van der Waals surface area contributed by atoms with Gasteiger partial charge < -0.3 is 9.84 Å². The van der Waals surface area contributed by atoms with E-state index < -0.39 is 11.9 Å². The van der Waals surface area contributed by atoms with Gasteiger partial charge in [-0.1, -0.05) is 50.3 Å². The lowest BCUT2D eigenvalue weighted by atomic mass is 10.1. The average Bonchev–Trinajstić information content (AvgIpc) is 2.35. The van der Waals surface area contributed by atoms with Gasteiger partial charge in [0.05, 0.1) is 6.42 Å². The molecule has 19 heavy (non-hydrogen) atoms. The molecule has 4 nitrogen and oxygen atoms in total. The highest BCUT2D eigenvalue weighted by Gasteiger charge is 2.15. The molecular weight excluding hydrogens is 244 g/mol. The Bertz CT molecular complexity index is 460. The van der Waals surface area contributed by atoms with Crippen molar-refractivity contribution < 1.29 is 19.4 Å². The van der Waals surface area contributed by atoms with Gasteiger partial charge in [-0.2, -0.15) is 0 Å². The van der Waals surface area contributed by atoms with Crippen LogP contribution in [0.1, 0.15) is 25.8 Å². The lowest BCUT2D eigenvalue weighted by molar-refractivity contribution is -0.143. The zero-order valence-electron chi connectivity index (χ0n) is 11.1. The molecule has 0 saturated heterocycles. The predicted octanol–water partition coefficient (Wildman–Crippen LogP) is 2.79. The van der Waals surface area contributed by atoms with Crippen LogP contribution in [0.15, 0.2) is 42.0 Å². The summed E-state index contributed by atoms with van der Waals surface area (Å²) >= 11 is 0. The summed E-state index contributed by atoms with van der Waals surface area (Å²) < 4.78 is 5.12. The molecule has 0 bridgehead atoms. The molecule has 0 atom stereocenters. The molecular formula is C15H18O4. The Balaban J connectivity index is 2.65. The first kappa shape index (κ1) is 15.0. The number of allylic oxidation sites excluding steroid dienone is 1. The van der Waals surface area contributed by atoms with Crippen molar-refractivity contribution in [2.45, 2.75) is 26.9 Å². The fourth-order valence-electron chi connectivity index (χ4n) is 1.58. The molecule has 0 aliphatic rings. The zero-order chi connectivity index (χ0) is 14.3. The Morgan fingerprint density at radius 3 is 2.42 bits per heavy atom. The highest BCUT2D eigenvalue weighted by Crippen LogP contribution is 2.11. The molecule has 0 amide bonds. The number of carboxylic acids is 1. The molecule has 1 N–H and O–H groups in total. The molecule has 1 aromatic rings. The SMILES string of the molecule is CC(C)C=C(CC(=O)O)C(=O)OCc1ccccc1. The summed E-state index contributed by atoms with van der Waals surface area (Å²) in [5, 5.41) is 8.78. The Morgan fingerprint density at radius 1 is 1.26 bits per heavy atom. The van der Waals surface area contributed by atoms with E-state index in [0.717, 1.165) is 5.56 Å². The van der Waals surface area contributed by atoms with Crippen molar-refractivity contribution in [3.63, 3.8) is 0 Å². The Kier molecular flexibility index (Phi) is 5.79. The normalized spacial score (nSPS) is 11.4. The quantitative estimate of drug-likeness (QED) is 0.632. The Hall–Kier alpha value is -2.10. The van der Waals surface area contributed by atoms with Gasteiger partial charge in [-0.3, -0.25) is 4.79 Å². The maximum absolute atomic E-state index is 11.8. The minimum absolute atomic E-state index is 0.0959. The van der Waals surface area contributed by atoms with Crippen molar-refractivity contribution in [2.75, 3.05) is 0 Å². The van der Waals surface area contributed by atoms with Crippen molar-refractivity contribution in [1.29, 1.82) is 0 Å². The molecule has 0 aliphatic carbocycles. The number of rotatable bonds is 6. The second-order valence-electron chi connectivity index (χ2n) is 4.57. The van der Waals surface area contributed by atoms with Crippen molar-refractivity contribution in [1.82, 2.24) is 0 Å². The fraction of sp³-hybridized carbons (Fsp3) is 0.333. The summed E-state index contributed by atoms with van der Waals surface area (Å²) in [7, 11) is 0. The molecule has 1 aromatic carbocycles. The number of aliphatic carboxylic acids is 1. The van der Waals surface area contributed by atoms with Gasteiger partial charge in [0.2, 0.25) is 0 Å². The van der Waals surface area contributed by atoms with Crippen LogP contribution in [0.4, 0.5) is 0 Å². The summed E-state index contributed by atoms with van der Waals surface area (Å²) in [6.45, 7) is 3.91. The number of hydrogen-bond acceptors (Lipinski definition) is 3. The van der Waals surface area contributed by atoms with Gasteiger partial charge in [0.15, 0.2) is 0 Å². The van der Waals surface area contributed by atoms with E-state index in [2.05, 4.69) is 0 Å². The maximum Gasteiger partial charge on any atom is 0.334 e. The van der Waals surface area contributed by atoms with Gasteiger partial charge in [-0.15, -0.1) is 0 Å². The number of carbonyl (C=O) groups excluding carboxylic acids is 1. The summed E-state index contributed by atoms with van der Waals surface area (Å²) in [6, 6.07) is 9.27. The van der Waals surface area contributed by atoms with Crippen LogP contribution < -0.4 is 0 Å². The van der Waals surface area contributed by atoms with Crippen LogP contribution in [0.3, 0.4) is 0 Å². The third-order valence-electron chi connectivity index (χ3n) is 2.35. The molecule has 1 rings (SSSR count). The molecule has 0 aliphatic heterocycles. The number of ether oxygens (including phenoxy) is 1. The first-order chi connectivity index (χ1) is 8.99. The number of hydrogen-bond donors (Lipinski definition) is 1. The number of carboxylic acid groups (broad SMARTS) is 1. The van der Waals surface area contributed by atoms with Crippen LogP contribution in [-0.4, -0.2) is 17.0 Å². The highest BCUT2D eigenvalue weighted by atomic mass is 16.5. The minimum Gasteiger partial charge on any atom is -0.481 e. The van der Waals surface area contributed by atoms with Gasteiger partial charge in [0.25, 0.3) is 0 Å². The van der Waals surface area contributed by atoms with Gasteiger partial charge in [0, 0.05) is 5.57 Å². The van der Waals surface area contributed by atoms with E-state index in [1.165, 1.54) is 0 Å². The van der Waals surface area contributed by atoms with E-state index in [-0.39, 0.29) is 24.5 Å². The van der Waals surface area contributed by atoms with Crippen LogP contribution in [0.25, 0.3) is 0 Å². The van der Waals surface area contributed by atoms with Gasteiger partial charge in [0.1, 0.15) is 6.61 Å². The highest BCUT2D eigenvalue weighted by molar-refractivity contribution is 5.93. The number of carbonyl (C=O) groups is 2. The first-order valence-corrected chi connectivity index (χ1v) is 6.12. The van der Waals surface area contributed by atoms with Crippen molar-refractivity contribution >= 4 is 11.9 Å². The summed E-state index contributed by atoms with van der Waals surface area (Å²) in [6.07, 6.45) is 1.31. The van der Waals surface area contributed by atoms with E-state index in [9.17, 15) is 9.59 Å². The zero-order valence-corrected chi connectivity index (χ0v) is 11.1. The fourth-order valence-corrected chi connectivity index (χ4v) is 1.58. The maximum atomic E-state index is 11.8. The summed E-state index contributed by atoms with van der Waals surface area (Å²) in [4.78, 5) is 22.6. The minimum atomic E-state index is -1.04. The molecule has 0 heterocycles. The van der Waals surface area contributed by atoms with Gasteiger partial charge in [-0.05, 0) is 11.5 Å². The summed E-state index contributed by atoms with van der Waals surface area (Å²) in [5.74, 6) is -1.51. The summed E-state index contributed by atoms with van der Waals surface area (Å²) in [5.41, 5.74) is 1.06. The molecule has 0 unspecified atom stereocenters. The number of benzene rings is 1. The first-order valence-electron chi connectivity index (χ1n) is 6.12. The molecule has 0 spiro atoms. The molecule has 0 aromatic heterocycles. The van der Waals surface area contributed by atoms with Gasteiger partial charge in [-0.25, -0.2) is 4.79 Å². The second kappa shape index (κ2) is 7.36. The van der Waals surface area contributed by atoms with E-state index in [4.69, 9.17) is 9.84 Å². The molecule has 4 heteroatoms. The Labute approximate surface area is 112 Å². The lowest BCUT2D eigenvalue weighted by Gasteiger charge is -2.08. The van der Waals surface area contributed by atoms with Crippen LogP contribution in [-0.2, 0) is 20.9 Å². The largest absolute Gasteiger partial charge is 0.481 e. The smallest absolute Gasteiger partial charge is 0.334 e. The van der Waals surface area contributed by atoms with Crippen LogP contribution in [0.2, 0.25) is 0 Å². The van der Waals surface area contributed by atoms with Crippen molar-refractivity contribution in [3.05, 3.63) is 47.5 Å². The molecule has 0 radical (unpaired) electrons. The average molecular weight is 262 g/mol. The molecule has 0 fully saturated rings. The van der Waals surface area contributed by atoms with E-state index in [0.29, 0.717) is 0 Å². The predicted molar refractivity (Wildman–Crippen MR) is 71.4 cm³/mol. The molecule has 0 saturated carbocycles. The molecule has 102 valence electrons. The topological polar surface area (TPSA) is 63.6 Å². The van der Waals surface area contributed by atoms with Crippen LogP contribution in [0.5, 0.6) is 0 Å². The lowest BCUT2D eigenvalue weighted by Crippen LogP contribution is -2.12. The van der Waals surface area contributed by atoms with Gasteiger partial charge >= 0.3 is 11.9 Å². The van der Waals surface area contributed by atoms with Crippen LogP contribution in [0, 0.1) is 5.92 Å². The second-order valence-corrected chi connectivity index (χ2v) is 4.57. The monoisotopic (exact) mass is 262 g/mol. The van der Waals surface area contributed by atoms with E-state index in [1.807, 2.05) is 44.2 Å². The van der Waals surface area contributed by atoms with Crippen molar-refractivity contribution in [2.24, 2.45) is 5.92 Å². The van der Waals surface area contributed by atoms with E-state index in [1.54, 1.807) is 6.08 Å². The van der Waals surface area contributed by atoms with Crippen LogP contribution >= 0.6 is 0 Å². The Morgan fingerprint density at radius 2 is 1.89 bits per heavy atom. The van der Waals surface area contributed by atoms with E-state index >= 15 is 0 Å². The van der Waals surface area contributed by atoms with Crippen molar-refractivity contribution in [3.8, 4) is 0 Å². The standard InChI is InChI=1S/C15H18O4/c1-11(2)8-13(9-14(16)17)15(18)19-10-12-6-4-3-5-7-12/h3-8,11H,9-10H2,1-2H3,(H,16,17). The third kappa shape index (κ3) is 5.86. The number of esters is 1. The third-order valence-corrected chi connectivity index (χ3v) is 2.35.